The largest absolute Gasteiger partial charge is 0.469 e. The maximum absolute atomic E-state index is 11.7. The van der Waals surface area contributed by atoms with Crippen molar-refractivity contribution in [2.75, 3.05) is 33.8 Å². The SMILES string of the molecule is CN=C(NCC1CCC(c2ccccc2)CC1)N1CCC(C(=O)OC)CC1. The minimum atomic E-state index is -0.0761. The number of hydrogen-bond donors (Lipinski definition) is 1. The smallest absolute Gasteiger partial charge is 0.308 e. The van der Waals surface area contributed by atoms with Gasteiger partial charge in [-0.2, -0.15) is 0 Å². The molecule has 1 aromatic carbocycles. The van der Waals surface area contributed by atoms with Crippen molar-refractivity contribution in [3.8, 4) is 0 Å². The predicted molar refractivity (Wildman–Crippen MR) is 109 cm³/mol. The number of ether oxygens (including phenoxy) is 1. The van der Waals surface area contributed by atoms with E-state index in [9.17, 15) is 4.79 Å². The van der Waals surface area contributed by atoms with Crippen LogP contribution in [0, 0.1) is 11.8 Å². The van der Waals surface area contributed by atoms with E-state index in [0.717, 1.165) is 44.4 Å². The fourth-order valence-electron chi connectivity index (χ4n) is 4.49. The molecule has 2 fully saturated rings. The van der Waals surface area contributed by atoms with Gasteiger partial charge in [-0.05, 0) is 55.9 Å². The molecular formula is C22H33N3O2. The van der Waals surface area contributed by atoms with Gasteiger partial charge in [0.2, 0.25) is 0 Å². The van der Waals surface area contributed by atoms with Gasteiger partial charge in [0, 0.05) is 26.7 Å². The van der Waals surface area contributed by atoms with Gasteiger partial charge < -0.3 is 15.0 Å². The predicted octanol–water partition coefficient (Wildman–Crippen LogP) is 3.42. The first-order chi connectivity index (χ1) is 13.2. The molecule has 1 aliphatic carbocycles. The normalized spacial score (nSPS) is 24.5. The van der Waals surface area contributed by atoms with E-state index in [-0.39, 0.29) is 11.9 Å². The van der Waals surface area contributed by atoms with Crippen LogP contribution in [0.1, 0.15) is 50.0 Å². The van der Waals surface area contributed by atoms with Crippen molar-refractivity contribution in [1.29, 1.82) is 0 Å². The summed E-state index contributed by atoms with van der Waals surface area (Å²) in [4.78, 5) is 18.4. The second kappa shape index (κ2) is 9.77. The maximum Gasteiger partial charge on any atom is 0.308 e. The van der Waals surface area contributed by atoms with Gasteiger partial charge in [0.15, 0.2) is 5.96 Å². The second-order valence-electron chi connectivity index (χ2n) is 7.84. The quantitative estimate of drug-likeness (QED) is 0.501. The molecule has 0 amide bonds. The Morgan fingerprint density at radius 1 is 1.11 bits per heavy atom. The van der Waals surface area contributed by atoms with Crippen LogP contribution in [0.25, 0.3) is 0 Å². The molecule has 148 valence electrons. The monoisotopic (exact) mass is 371 g/mol. The van der Waals surface area contributed by atoms with E-state index in [1.54, 1.807) is 0 Å². The third-order valence-electron chi connectivity index (χ3n) is 6.21. The summed E-state index contributed by atoms with van der Waals surface area (Å²) >= 11 is 0. The number of carbonyl (C=O) groups is 1. The van der Waals surface area contributed by atoms with Crippen LogP contribution in [0.4, 0.5) is 0 Å². The van der Waals surface area contributed by atoms with Crippen LogP contribution in [0.5, 0.6) is 0 Å². The summed E-state index contributed by atoms with van der Waals surface area (Å²) in [7, 11) is 3.32. The molecule has 5 heteroatoms. The molecule has 2 aliphatic rings. The fourth-order valence-corrected chi connectivity index (χ4v) is 4.49. The standard InChI is InChI=1S/C22H33N3O2/c1-23-22(25-14-12-20(13-15-25)21(26)27-2)24-16-17-8-10-19(11-9-17)18-6-4-3-5-7-18/h3-7,17,19-20H,8-16H2,1-2H3,(H,23,24). The number of benzene rings is 1. The van der Waals surface area contributed by atoms with Gasteiger partial charge in [0.1, 0.15) is 0 Å². The molecule has 1 aliphatic heterocycles. The molecule has 1 heterocycles. The third kappa shape index (κ3) is 5.24. The maximum atomic E-state index is 11.7. The highest BCUT2D eigenvalue weighted by atomic mass is 16.5. The summed E-state index contributed by atoms with van der Waals surface area (Å²) in [5.74, 6) is 2.38. The molecule has 1 saturated heterocycles. The summed E-state index contributed by atoms with van der Waals surface area (Å²) in [6.45, 7) is 2.71. The van der Waals surface area contributed by atoms with Crippen LogP contribution < -0.4 is 5.32 Å². The lowest BCUT2D eigenvalue weighted by molar-refractivity contribution is -0.146. The van der Waals surface area contributed by atoms with Crippen molar-refractivity contribution in [3.63, 3.8) is 0 Å². The Kier molecular flexibility index (Phi) is 7.13. The molecule has 0 atom stereocenters. The van der Waals surface area contributed by atoms with Crippen molar-refractivity contribution in [2.24, 2.45) is 16.8 Å². The first-order valence-corrected chi connectivity index (χ1v) is 10.3. The molecule has 1 N–H and O–H groups in total. The summed E-state index contributed by atoms with van der Waals surface area (Å²) < 4.78 is 4.88. The number of nitrogens with zero attached hydrogens (tertiary/aromatic N) is 2. The molecule has 0 spiro atoms. The zero-order valence-corrected chi connectivity index (χ0v) is 16.7. The first-order valence-electron chi connectivity index (χ1n) is 10.3. The Bertz CT molecular complexity index is 616. The van der Waals surface area contributed by atoms with E-state index in [1.807, 2.05) is 7.05 Å². The van der Waals surface area contributed by atoms with Crippen LogP contribution >= 0.6 is 0 Å². The number of aliphatic imine (C=N–C) groups is 1. The number of likely N-dealkylation sites (tertiary alicyclic amines) is 1. The van der Waals surface area contributed by atoms with Gasteiger partial charge >= 0.3 is 5.97 Å². The van der Waals surface area contributed by atoms with Gasteiger partial charge in [-0.25, -0.2) is 0 Å². The zero-order chi connectivity index (χ0) is 19.1. The number of carbonyl (C=O) groups excluding carboxylic acids is 1. The number of hydrogen-bond acceptors (Lipinski definition) is 3. The molecule has 0 unspecified atom stereocenters. The van der Waals surface area contributed by atoms with Gasteiger partial charge in [0.25, 0.3) is 0 Å². The number of methoxy groups -OCH3 is 1. The number of guanidine groups is 1. The lowest BCUT2D eigenvalue weighted by Gasteiger charge is -2.34. The fraction of sp³-hybridized carbons (Fsp3) is 0.636. The Morgan fingerprint density at radius 2 is 1.78 bits per heavy atom. The zero-order valence-electron chi connectivity index (χ0n) is 16.7. The van der Waals surface area contributed by atoms with E-state index in [1.165, 1.54) is 38.4 Å². The highest BCUT2D eigenvalue weighted by molar-refractivity contribution is 5.80. The van der Waals surface area contributed by atoms with Crippen LogP contribution in [0.15, 0.2) is 35.3 Å². The highest BCUT2D eigenvalue weighted by Crippen LogP contribution is 2.35. The molecule has 1 aromatic rings. The van der Waals surface area contributed by atoms with Crippen LogP contribution in [-0.4, -0.2) is 50.6 Å². The van der Waals surface area contributed by atoms with E-state index in [0.29, 0.717) is 5.92 Å². The molecule has 3 rings (SSSR count). The van der Waals surface area contributed by atoms with Gasteiger partial charge in [-0.15, -0.1) is 0 Å². The highest BCUT2D eigenvalue weighted by Gasteiger charge is 2.28. The molecule has 0 aromatic heterocycles. The summed E-state index contributed by atoms with van der Waals surface area (Å²) in [6, 6.07) is 10.9. The van der Waals surface area contributed by atoms with Crippen LogP contribution in [0.3, 0.4) is 0 Å². The molecule has 1 saturated carbocycles. The lowest BCUT2D eigenvalue weighted by Crippen LogP contribution is -2.47. The topological polar surface area (TPSA) is 53.9 Å². The van der Waals surface area contributed by atoms with E-state index in [4.69, 9.17) is 4.74 Å². The second-order valence-corrected chi connectivity index (χ2v) is 7.84. The van der Waals surface area contributed by atoms with Crippen molar-refractivity contribution >= 4 is 11.9 Å². The summed E-state index contributed by atoms with van der Waals surface area (Å²) in [6.07, 6.45) is 6.78. The molecular weight excluding hydrogens is 338 g/mol. The summed E-state index contributed by atoms with van der Waals surface area (Å²) in [5.41, 5.74) is 1.49. The van der Waals surface area contributed by atoms with Crippen molar-refractivity contribution in [3.05, 3.63) is 35.9 Å². The van der Waals surface area contributed by atoms with Crippen LogP contribution in [-0.2, 0) is 9.53 Å². The van der Waals surface area contributed by atoms with Crippen molar-refractivity contribution < 1.29 is 9.53 Å². The van der Waals surface area contributed by atoms with Crippen LogP contribution in [0.2, 0.25) is 0 Å². The van der Waals surface area contributed by atoms with E-state index < -0.39 is 0 Å². The number of piperidine rings is 1. The Balaban J connectivity index is 1.41. The first kappa shape index (κ1) is 19.7. The molecule has 0 bridgehead atoms. The Labute approximate surface area is 163 Å². The van der Waals surface area contributed by atoms with Gasteiger partial charge in [-0.3, -0.25) is 9.79 Å². The van der Waals surface area contributed by atoms with Gasteiger partial charge in [-0.1, -0.05) is 30.3 Å². The minimum Gasteiger partial charge on any atom is -0.469 e. The Morgan fingerprint density at radius 3 is 2.37 bits per heavy atom. The lowest BCUT2D eigenvalue weighted by atomic mass is 9.79. The van der Waals surface area contributed by atoms with E-state index in [2.05, 4.69) is 45.5 Å². The van der Waals surface area contributed by atoms with E-state index >= 15 is 0 Å². The number of rotatable bonds is 4. The van der Waals surface area contributed by atoms with Gasteiger partial charge in [0.05, 0.1) is 13.0 Å². The number of nitrogens with one attached hydrogen (secondary N) is 1. The average Bonchev–Trinajstić information content (AvgIpc) is 2.75. The Hall–Kier alpha value is -2.04. The minimum absolute atomic E-state index is 0.0395. The van der Waals surface area contributed by atoms with Crippen molar-refractivity contribution in [2.45, 2.75) is 44.4 Å². The van der Waals surface area contributed by atoms with Crippen molar-refractivity contribution in [1.82, 2.24) is 10.2 Å². The molecule has 27 heavy (non-hydrogen) atoms. The molecule has 5 nitrogen and oxygen atoms in total. The molecule has 0 radical (unpaired) electrons. The average molecular weight is 372 g/mol. The third-order valence-corrected chi connectivity index (χ3v) is 6.21. The summed E-state index contributed by atoms with van der Waals surface area (Å²) in [5, 5.41) is 3.58. The number of esters is 1.